The zero-order chi connectivity index (χ0) is 27.5. The van der Waals surface area contributed by atoms with Gasteiger partial charge in [0, 0.05) is 42.2 Å². The van der Waals surface area contributed by atoms with Gasteiger partial charge in [0.2, 0.25) is 11.2 Å². The highest BCUT2D eigenvalue weighted by Gasteiger charge is 2.53. The van der Waals surface area contributed by atoms with Crippen molar-refractivity contribution in [2.45, 2.75) is 44.4 Å². The van der Waals surface area contributed by atoms with E-state index in [-0.39, 0.29) is 30.8 Å². The summed E-state index contributed by atoms with van der Waals surface area (Å²) in [5.41, 5.74) is -0.540. The molecule has 2 aliphatic heterocycles. The number of pyridine rings is 1. The molecule has 1 fully saturated rings. The average molecular weight is 556 g/mol. The van der Waals surface area contributed by atoms with E-state index in [0.717, 1.165) is 16.5 Å². The van der Waals surface area contributed by atoms with Gasteiger partial charge in [-0.2, -0.15) is 4.39 Å². The maximum absolute atomic E-state index is 15.3. The van der Waals surface area contributed by atoms with Gasteiger partial charge in [0.15, 0.2) is 23.0 Å². The molecule has 1 saturated carbocycles. The second kappa shape index (κ2) is 9.49. The highest BCUT2D eigenvalue weighted by Crippen LogP contribution is 2.46. The number of fused-ring (bicyclic) bond motifs is 6. The summed E-state index contributed by atoms with van der Waals surface area (Å²) in [6, 6.07) is 4.84. The van der Waals surface area contributed by atoms with Gasteiger partial charge in [-0.1, -0.05) is 6.08 Å². The molecule has 8 nitrogen and oxygen atoms in total. The Morgan fingerprint density at radius 2 is 1.97 bits per heavy atom. The van der Waals surface area contributed by atoms with Crippen molar-refractivity contribution in [3.05, 3.63) is 91.6 Å². The van der Waals surface area contributed by atoms with Gasteiger partial charge in [0.25, 0.3) is 5.91 Å². The van der Waals surface area contributed by atoms with Crippen molar-refractivity contribution < 1.29 is 28.2 Å². The number of carbonyl (C=O) groups excluding carboxylic acids is 1. The van der Waals surface area contributed by atoms with Gasteiger partial charge in [0.05, 0.1) is 11.6 Å². The van der Waals surface area contributed by atoms with E-state index in [1.165, 1.54) is 34.3 Å². The molecule has 204 valence electrons. The topological polar surface area (TPSA) is 84.2 Å². The Kier molecular flexibility index (Phi) is 6.22. The number of aromatic hydroxyl groups is 1. The van der Waals surface area contributed by atoms with Crippen molar-refractivity contribution >= 4 is 17.2 Å². The normalized spacial score (nSPS) is 24.9. The number of ether oxygens (including phenoxy) is 2. The summed E-state index contributed by atoms with van der Waals surface area (Å²) in [5, 5.41) is 14.5. The van der Waals surface area contributed by atoms with Crippen molar-refractivity contribution in [3.8, 4) is 11.5 Å². The van der Waals surface area contributed by atoms with Crippen LogP contribution in [0.15, 0.2) is 52.8 Å². The lowest BCUT2D eigenvalue weighted by Gasteiger charge is -2.56. The van der Waals surface area contributed by atoms with Gasteiger partial charge in [0.1, 0.15) is 19.3 Å². The summed E-state index contributed by atoms with van der Waals surface area (Å²) in [4.78, 5) is 29.1. The second-order valence-corrected chi connectivity index (χ2v) is 11.1. The maximum atomic E-state index is 15.3. The van der Waals surface area contributed by atoms with E-state index >= 15 is 4.39 Å². The van der Waals surface area contributed by atoms with Crippen LogP contribution in [0.5, 0.6) is 11.5 Å². The molecule has 1 amide bonds. The van der Waals surface area contributed by atoms with Crippen LogP contribution in [0.25, 0.3) is 0 Å². The first-order chi connectivity index (χ1) is 18.8. The number of aromatic nitrogens is 1. The number of benzene rings is 1. The zero-order valence-corrected chi connectivity index (χ0v) is 22.2. The Morgan fingerprint density at radius 1 is 1.18 bits per heavy atom. The predicted molar refractivity (Wildman–Crippen MR) is 141 cm³/mol. The Bertz CT molecular complexity index is 1540. The van der Waals surface area contributed by atoms with E-state index in [9.17, 15) is 19.1 Å². The molecule has 39 heavy (non-hydrogen) atoms. The van der Waals surface area contributed by atoms with Gasteiger partial charge in [-0.3, -0.25) is 19.3 Å². The number of carbonyl (C=O) groups is 1. The molecule has 3 aromatic rings. The van der Waals surface area contributed by atoms with E-state index in [1.807, 2.05) is 31.4 Å². The Hall–Kier alpha value is -3.70. The highest BCUT2D eigenvalue weighted by molar-refractivity contribution is 7.10. The minimum absolute atomic E-state index is 0.0374. The van der Waals surface area contributed by atoms with Gasteiger partial charge in [-0.15, -0.1) is 11.3 Å². The molecule has 3 aliphatic rings. The van der Waals surface area contributed by atoms with Crippen molar-refractivity contribution in [3.63, 3.8) is 0 Å². The lowest BCUT2D eigenvalue weighted by Crippen LogP contribution is -2.67. The molecule has 0 saturated heterocycles. The largest absolute Gasteiger partial charge is 0.502 e. The van der Waals surface area contributed by atoms with E-state index in [4.69, 9.17) is 9.47 Å². The molecular weight excluding hydrogens is 528 g/mol. The van der Waals surface area contributed by atoms with E-state index < -0.39 is 40.3 Å². The molecule has 0 radical (unpaired) electrons. The summed E-state index contributed by atoms with van der Waals surface area (Å²) in [6.45, 7) is 4.33. The molecule has 4 heterocycles. The third kappa shape index (κ3) is 3.94. The highest BCUT2D eigenvalue weighted by atomic mass is 32.1. The monoisotopic (exact) mass is 555 g/mol. The molecular formula is C28H27F2N3O5S. The number of thiophene rings is 1. The number of nitrogens with zero attached hydrogens (tertiary/aromatic N) is 3. The van der Waals surface area contributed by atoms with Crippen LogP contribution in [0.4, 0.5) is 8.78 Å². The first-order valence-corrected chi connectivity index (χ1v) is 13.6. The van der Waals surface area contributed by atoms with Crippen LogP contribution in [-0.2, 0) is 4.74 Å². The molecule has 1 aromatic carbocycles. The van der Waals surface area contributed by atoms with Crippen LogP contribution in [0.3, 0.4) is 0 Å². The molecule has 1 spiro atoms. The number of hydrogen-bond donors (Lipinski definition) is 1. The molecule has 1 aliphatic carbocycles. The Morgan fingerprint density at radius 3 is 2.69 bits per heavy atom. The van der Waals surface area contributed by atoms with Crippen LogP contribution in [0.2, 0.25) is 0 Å². The van der Waals surface area contributed by atoms with E-state index in [0.29, 0.717) is 25.0 Å². The third-order valence-electron chi connectivity index (χ3n) is 7.79. The minimum atomic E-state index is -1.11. The number of amides is 1. The molecule has 2 bridgehead atoms. The maximum Gasteiger partial charge on any atom is 0.278 e. The summed E-state index contributed by atoms with van der Waals surface area (Å²) in [7, 11) is 0. The Balaban J connectivity index is 1.63. The predicted octanol–water partition coefficient (Wildman–Crippen LogP) is 4.23. The SMILES string of the molecule is CCOC1CC2(/C=C/COc3c(ccc(F)c3F)C(c3ccsc3C)N3CN2C(=O)c2c(O)c(=O)ccn23)C1. The summed E-state index contributed by atoms with van der Waals surface area (Å²) < 4.78 is 42.9. The smallest absolute Gasteiger partial charge is 0.278 e. The first kappa shape index (κ1) is 25.6. The van der Waals surface area contributed by atoms with Crippen LogP contribution in [-0.4, -0.2) is 52.1 Å². The van der Waals surface area contributed by atoms with Gasteiger partial charge in [-0.05, 0) is 49.1 Å². The lowest BCUT2D eigenvalue weighted by molar-refractivity contribution is -0.0747. The molecule has 6 rings (SSSR count). The fourth-order valence-electron chi connectivity index (χ4n) is 5.89. The Labute approximate surface area is 227 Å². The number of aryl methyl sites for hydroxylation is 1. The lowest BCUT2D eigenvalue weighted by atomic mass is 9.72. The van der Waals surface area contributed by atoms with E-state index in [1.54, 1.807) is 16.0 Å². The summed E-state index contributed by atoms with van der Waals surface area (Å²) in [6.07, 6.45) is 5.85. The van der Waals surface area contributed by atoms with Gasteiger partial charge in [-0.25, -0.2) is 4.39 Å². The zero-order valence-electron chi connectivity index (χ0n) is 21.4. The molecule has 1 atom stereocenters. The second-order valence-electron chi connectivity index (χ2n) is 9.95. The minimum Gasteiger partial charge on any atom is -0.502 e. The van der Waals surface area contributed by atoms with Crippen LogP contribution >= 0.6 is 11.3 Å². The van der Waals surface area contributed by atoms with Crippen molar-refractivity contribution in [2.75, 3.05) is 24.9 Å². The summed E-state index contributed by atoms with van der Waals surface area (Å²) in [5.74, 6) is -3.56. The number of hydrogen-bond acceptors (Lipinski definition) is 7. The van der Waals surface area contributed by atoms with Gasteiger partial charge >= 0.3 is 0 Å². The van der Waals surface area contributed by atoms with Gasteiger partial charge < -0.3 is 19.5 Å². The van der Waals surface area contributed by atoms with E-state index in [2.05, 4.69) is 0 Å². The standard InChI is InChI=1S/C28H27F2N3O5S/c1-3-37-17-13-28(14-17)9-4-11-38-26-19(5-6-20(29)22(26)30)23(18-8-12-39-16(18)2)33-15-31(28)27(36)24-25(35)21(34)7-10-32(24)33/h4-10,12,17,23,35H,3,11,13-15H2,1-2H3/b9-4+. The summed E-state index contributed by atoms with van der Waals surface area (Å²) >= 11 is 1.49. The van der Waals surface area contributed by atoms with Crippen LogP contribution in [0, 0.1) is 18.6 Å². The van der Waals surface area contributed by atoms with Crippen molar-refractivity contribution in [2.24, 2.45) is 0 Å². The molecule has 11 heteroatoms. The fourth-order valence-corrected chi connectivity index (χ4v) is 6.62. The number of rotatable bonds is 3. The molecule has 1 unspecified atom stereocenters. The fraction of sp³-hybridized carbons (Fsp3) is 0.357. The third-order valence-corrected chi connectivity index (χ3v) is 8.65. The molecule has 2 aromatic heterocycles. The number of halogens is 2. The van der Waals surface area contributed by atoms with Crippen LogP contribution < -0.4 is 15.2 Å². The first-order valence-electron chi connectivity index (χ1n) is 12.7. The van der Waals surface area contributed by atoms with Crippen molar-refractivity contribution in [1.82, 2.24) is 9.58 Å². The average Bonchev–Trinajstić information content (AvgIpc) is 3.30. The van der Waals surface area contributed by atoms with Crippen molar-refractivity contribution in [1.29, 1.82) is 0 Å². The quantitative estimate of drug-likeness (QED) is 0.487. The molecule has 1 N–H and O–H groups in total. The van der Waals surface area contributed by atoms with Crippen LogP contribution in [0.1, 0.15) is 52.3 Å².